The summed E-state index contributed by atoms with van der Waals surface area (Å²) in [5.74, 6) is 0. The van der Waals surface area contributed by atoms with Crippen molar-refractivity contribution in [1.82, 2.24) is 0 Å². The van der Waals surface area contributed by atoms with Gasteiger partial charge in [-0.25, -0.2) is 0 Å². The fourth-order valence-corrected chi connectivity index (χ4v) is 0.781. The Balaban J connectivity index is 4.13. The lowest BCUT2D eigenvalue weighted by Crippen LogP contribution is -2.21. The van der Waals surface area contributed by atoms with Gasteiger partial charge in [0.05, 0.1) is 5.54 Å². The molecule has 0 bridgehead atoms. The Kier molecular flexibility index (Phi) is 3.84. The van der Waals surface area contributed by atoms with Crippen LogP contribution in [-0.4, -0.2) is 16.4 Å². The van der Waals surface area contributed by atoms with Gasteiger partial charge in [-0.2, -0.15) is 10.2 Å². The normalized spacial score (nSPS) is 18.2. The molecule has 0 aromatic heterocycles. The van der Waals surface area contributed by atoms with E-state index in [0.717, 1.165) is 6.42 Å². The van der Waals surface area contributed by atoms with Gasteiger partial charge in [0.1, 0.15) is 0 Å². The molecule has 0 aromatic carbocycles. The standard InChI is InChI=1S/C9H20N2O/c1-6-7-9(5,12)11-10-8(2,3)4/h12H,6-7H2,1-5H3. The maximum atomic E-state index is 9.62. The van der Waals surface area contributed by atoms with Crippen LogP contribution < -0.4 is 0 Å². The number of rotatable bonds is 3. The van der Waals surface area contributed by atoms with Gasteiger partial charge < -0.3 is 5.11 Å². The zero-order valence-corrected chi connectivity index (χ0v) is 8.76. The number of hydrogen-bond acceptors (Lipinski definition) is 3. The first-order valence-electron chi connectivity index (χ1n) is 4.43. The van der Waals surface area contributed by atoms with Gasteiger partial charge in [-0.15, -0.1) is 0 Å². The van der Waals surface area contributed by atoms with E-state index in [9.17, 15) is 5.11 Å². The number of nitrogens with zero attached hydrogens (tertiary/aromatic N) is 2. The predicted molar refractivity (Wildman–Crippen MR) is 50.1 cm³/mol. The van der Waals surface area contributed by atoms with Crippen molar-refractivity contribution in [3.63, 3.8) is 0 Å². The van der Waals surface area contributed by atoms with E-state index in [1.54, 1.807) is 6.92 Å². The SMILES string of the molecule is CCCC(C)(O)N=NC(C)(C)C. The molecule has 1 unspecified atom stereocenters. The van der Waals surface area contributed by atoms with Crippen LogP contribution in [0.2, 0.25) is 0 Å². The molecule has 0 aliphatic rings. The monoisotopic (exact) mass is 172 g/mol. The summed E-state index contributed by atoms with van der Waals surface area (Å²) < 4.78 is 0. The van der Waals surface area contributed by atoms with Crippen molar-refractivity contribution in [2.45, 2.75) is 58.7 Å². The second-order valence-electron chi connectivity index (χ2n) is 4.34. The molecule has 0 spiro atoms. The van der Waals surface area contributed by atoms with Crippen molar-refractivity contribution < 1.29 is 5.11 Å². The summed E-state index contributed by atoms with van der Waals surface area (Å²) in [6.07, 6.45) is 1.57. The van der Waals surface area contributed by atoms with E-state index in [2.05, 4.69) is 10.2 Å². The maximum absolute atomic E-state index is 9.62. The molecule has 1 N–H and O–H groups in total. The molecule has 12 heavy (non-hydrogen) atoms. The van der Waals surface area contributed by atoms with E-state index >= 15 is 0 Å². The molecule has 0 aliphatic heterocycles. The molecule has 3 heteroatoms. The van der Waals surface area contributed by atoms with Gasteiger partial charge in [0, 0.05) is 0 Å². The van der Waals surface area contributed by atoms with Crippen LogP contribution in [0.4, 0.5) is 0 Å². The van der Waals surface area contributed by atoms with Gasteiger partial charge in [-0.05, 0) is 34.1 Å². The Hall–Kier alpha value is -0.440. The summed E-state index contributed by atoms with van der Waals surface area (Å²) >= 11 is 0. The molecular formula is C9H20N2O. The molecule has 0 radical (unpaired) electrons. The molecule has 1 atom stereocenters. The summed E-state index contributed by atoms with van der Waals surface area (Å²) in [5.41, 5.74) is -1.18. The van der Waals surface area contributed by atoms with Gasteiger partial charge in [-0.3, -0.25) is 0 Å². The Morgan fingerprint density at radius 1 is 1.08 bits per heavy atom. The average molecular weight is 172 g/mol. The molecule has 0 aromatic rings. The fraction of sp³-hybridized carbons (Fsp3) is 1.00. The van der Waals surface area contributed by atoms with Crippen LogP contribution in [-0.2, 0) is 0 Å². The van der Waals surface area contributed by atoms with E-state index < -0.39 is 5.72 Å². The molecule has 0 aliphatic carbocycles. The Morgan fingerprint density at radius 2 is 1.58 bits per heavy atom. The molecule has 0 saturated heterocycles. The van der Waals surface area contributed by atoms with Crippen LogP contribution in [0.1, 0.15) is 47.5 Å². The minimum atomic E-state index is -0.984. The smallest absolute Gasteiger partial charge is 0.173 e. The Bertz CT molecular complexity index is 156. The highest BCUT2D eigenvalue weighted by Gasteiger charge is 2.18. The zero-order chi connectivity index (χ0) is 9.83. The van der Waals surface area contributed by atoms with Gasteiger partial charge >= 0.3 is 0 Å². The largest absolute Gasteiger partial charge is 0.368 e. The lowest BCUT2D eigenvalue weighted by molar-refractivity contribution is 0.0488. The van der Waals surface area contributed by atoms with Gasteiger partial charge in [-0.1, -0.05) is 13.3 Å². The number of aliphatic hydroxyl groups is 1. The first-order chi connectivity index (χ1) is 5.27. The third kappa shape index (κ3) is 6.28. The molecule has 0 amide bonds. The van der Waals surface area contributed by atoms with Crippen molar-refractivity contribution in [1.29, 1.82) is 0 Å². The summed E-state index contributed by atoms with van der Waals surface area (Å²) in [6, 6.07) is 0. The van der Waals surface area contributed by atoms with Crippen molar-refractivity contribution in [3.8, 4) is 0 Å². The minimum absolute atomic E-state index is 0.197. The lowest BCUT2D eigenvalue weighted by atomic mass is 10.1. The third-order valence-corrected chi connectivity index (χ3v) is 1.29. The van der Waals surface area contributed by atoms with Gasteiger partial charge in [0.15, 0.2) is 5.72 Å². The molecule has 3 nitrogen and oxygen atoms in total. The van der Waals surface area contributed by atoms with Crippen molar-refractivity contribution in [2.75, 3.05) is 0 Å². The molecule has 0 saturated carbocycles. The van der Waals surface area contributed by atoms with Crippen molar-refractivity contribution in [2.24, 2.45) is 10.2 Å². The van der Waals surface area contributed by atoms with Crippen LogP contribution in [0.5, 0.6) is 0 Å². The van der Waals surface area contributed by atoms with Crippen LogP contribution in [0.15, 0.2) is 10.2 Å². The molecule has 72 valence electrons. The van der Waals surface area contributed by atoms with Crippen LogP contribution >= 0.6 is 0 Å². The maximum Gasteiger partial charge on any atom is 0.173 e. The summed E-state index contributed by atoms with van der Waals surface area (Å²) in [6.45, 7) is 9.57. The summed E-state index contributed by atoms with van der Waals surface area (Å²) in [4.78, 5) is 0. The van der Waals surface area contributed by atoms with Crippen LogP contribution in [0.3, 0.4) is 0 Å². The molecule has 0 heterocycles. The van der Waals surface area contributed by atoms with E-state index in [1.165, 1.54) is 0 Å². The average Bonchev–Trinajstić information content (AvgIpc) is 1.83. The highest BCUT2D eigenvalue weighted by molar-refractivity contribution is 4.72. The predicted octanol–water partition coefficient (Wildman–Crippen LogP) is 2.75. The van der Waals surface area contributed by atoms with Crippen LogP contribution in [0, 0.1) is 0 Å². The van der Waals surface area contributed by atoms with Crippen molar-refractivity contribution >= 4 is 0 Å². The summed E-state index contributed by atoms with van der Waals surface area (Å²) in [7, 11) is 0. The minimum Gasteiger partial charge on any atom is -0.368 e. The van der Waals surface area contributed by atoms with Crippen molar-refractivity contribution in [3.05, 3.63) is 0 Å². The van der Waals surface area contributed by atoms with Crippen LogP contribution in [0.25, 0.3) is 0 Å². The molecule has 0 rings (SSSR count). The lowest BCUT2D eigenvalue weighted by Gasteiger charge is -2.18. The number of azo groups is 1. The topological polar surface area (TPSA) is 45.0 Å². The Labute approximate surface area is 74.9 Å². The first-order valence-corrected chi connectivity index (χ1v) is 4.43. The second-order valence-corrected chi connectivity index (χ2v) is 4.34. The second kappa shape index (κ2) is 3.99. The highest BCUT2D eigenvalue weighted by Crippen LogP contribution is 2.17. The van der Waals surface area contributed by atoms with E-state index in [0.29, 0.717) is 6.42 Å². The van der Waals surface area contributed by atoms with E-state index in [-0.39, 0.29) is 5.54 Å². The molecule has 0 fully saturated rings. The van der Waals surface area contributed by atoms with Gasteiger partial charge in [0.25, 0.3) is 0 Å². The van der Waals surface area contributed by atoms with Gasteiger partial charge in [0.2, 0.25) is 0 Å². The molecular weight excluding hydrogens is 152 g/mol. The third-order valence-electron chi connectivity index (χ3n) is 1.29. The van der Waals surface area contributed by atoms with E-state index in [4.69, 9.17) is 0 Å². The number of hydrogen-bond donors (Lipinski definition) is 1. The first kappa shape index (κ1) is 11.6. The quantitative estimate of drug-likeness (QED) is 0.654. The highest BCUT2D eigenvalue weighted by atomic mass is 16.3. The zero-order valence-electron chi connectivity index (χ0n) is 8.76. The fourth-order valence-electron chi connectivity index (χ4n) is 0.781. The van der Waals surface area contributed by atoms with E-state index in [1.807, 2.05) is 27.7 Å². The summed E-state index contributed by atoms with van der Waals surface area (Å²) in [5, 5.41) is 17.5. The Morgan fingerprint density at radius 3 is 1.92 bits per heavy atom.